The summed E-state index contributed by atoms with van der Waals surface area (Å²) in [5.41, 5.74) is 27.9. The van der Waals surface area contributed by atoms with Crippen molar-refractivity contribution in [2.75, 3.05) is 13.1 Å². The van der Waals surface area contributed by atoms with Gasteiger partial charge in [-0.1, -0.05) is 26.0 Å². The van der Waals surface area contributed by atoms with Crippen LogP contribution < -0.4 is 44.6 Å². The molecule has 0 fully saturated rings. The van der Waals surface area contributed by atoms with Gasteiger partial charge in [-0.25, -0.2) is 4.79 Å². The molecule has 1 aromatic rings. The van der Waals surface area contributed by atoms with Gasteiger partial charge in [0.15, 0.2) is 11.9 Å². The highest BCUT2D eigenvalue weighted by Gasteiger charge is 2.30. The largest absolute Gasteiger partial charge is 0.508 e. The van der Waals surface area contributed by atoms with Crippen LogP contribution in [0.15, 0.2) is 34.3 Å². The fourth-order valence-electron chi connectivity index (χ4n) is 4.05. The van der Waals surface area contributed by atoms with Crippen molar-refractivity contribution in [3.05, 3.63) is 29.8 Å². The summed E-state index contributed by atoms with van der Waals surface area (Å²) in [5, 5.41) is 27.1. The Balaban J connectivity index is 3.18. The van der Waals surface area contributed by atoms with E-state index in [1.807, 2.05) is 13.8 Å². The normalized spacial score (nSPS) is 13.6. The van der Waals surface area contributed by atoms with E-state index in [1.54, 1.807) is 12.1 Å². The third kappa shape index (κ3) is 15.3. The zero-order chi connectivity index (χ0) is 32.5. The van der Waals surface area contributed by atoms with Crippen molar-refractivity contribution in [1.82, 2.24) is 16.0 Å². The molecule has 0 saturated carbocycles. The van der Waals surface area contributed by atoms with Gasteiger partial charge in [-0.3, -0.25) is 24.4 Å². The van der Waals surface area contributed by atoms with Gasteiger partial charge in [0.1, 0.15) is 23.9 Å². The summed E-state index contributed by atoms with van der Waals surface area (Å²) in [7, 11) is 0. The highest BCUT2D eigenvalue weighted by molar-refractivity contribution is 5.94. The van der Waals surface area contributed by atoms with Gasteiger partial charge in [0.05, 0.1) is 6.04 Å². The first kappa shape index (κ1) is 36.4. The molecule has 0 aliphatic heterocycles. The second-order valence-corrected chi connectivity index (χ2v) is 10.5. The first-order valence-corrected chi connectivity index (χ1v) is 14.0. The number of aromatic hydroxyl groups is 1. The van der Waals surface area contributed by atoms with Gasteiger partial charge >= 0.3 is 5.97 Å². The number of nitrogens with zero attached hydrogens (tertiary/aromatic N) is 2. The van der Waals surface area contributed by atoms with E-state index in [9.17, 15) is 29.4 Å². The van der Waals surface area contributed by atoms with Crippen molar-refractivity contribution >= 4 is 35.6 Å². The van der Waals surface area contributed by atoms with Crippen molar-refractivity contribution in [1.29, 1.82) is 0 Å². The highest BCUT2D eigenvalue weighted by Crippen LogP contribution is 2.13. The van der Waals surface area contributed by atoms with Gasteiger partial charge in [0.2, 0.25) is 17.7 Å². The maximum atomic E-state index is 13.5. The average molecular weight is 607 g/mol. The number of aliphatic imine (C=N–C) groups is 2. The first-order valence-electron chi connectivity index (χ1n) is 14.0. The summed E-state index contributed by atoms with van der Waals surface area (Å²) in [5.74, 6) is -3.40. The van der Waals surface area contributed by atoms with Gasteiger partial charge < -0.3 is 54.8 Å². The Kier molecular flexibility index (Phi) is 15.9. The van der Waals surface area contributed by atoms with Crippen LogP contribution in [0.25, 0.3) is 0 Å². The number of benzene rings is 1. The molecular formula is C27H46N10O6. The molecule has 4 atom stereocenters. The lowest BCUT2D eigenvalue weighted by atomic mass is 10.0. The van der Waals surface area contributed by atoms with Gasteiger partial charge in [0, 0.05) is 19.5 Å². The van der Waals surface area contributed by atoms with Crippen LogP contribution in [0.1, 0.15) is 51.5 Å². The number of carbonyl (C=O) groups is 4. The molecule has 0 spiro atoms. The molecule has 0 radical (unpaired) electrons. The van der Waals surface area contributed by atoms with Gasteiger partial charge in [-0.15, -0.1) is 0 Å². The van der Waals surface area contributed by atoms with Crippen LogP contribution in [-0.4, -0.2) is 83.1 Å². The van der Waals surface area contributed by atoms with E-state index in [-0.39, 0.29) is 62.4 Å². The molecule has 240 valence electrons. The number of nitrogens with one attached hydrogen (secondary N) is 3. The minimum Gasteiger partial charge on any atom is -0.508 e. The zero-order valence-electron chi connectivity index (χ0n) is 24.7. The van der Waals surface area contributed by atoms with E-state index in [1.165, 1.54) is 12.1 Å². The molecule has 1 rings (SSSR count). The number of carboxylic acid groups (broad SMARTS) is 1. The van der Waals surface area contributed by atoms with E-state index < -0.39 is 47.9 Å². The number of aliphatic carboxylic acids is 1. The van der Waals surface area contributed by atoms with Gasteiger partial charge in [-0.05, 0) is 55.7 Å². The van der Waals surface area contributed by atoms with Crippen LogP contribution in [0.2, 0.25) is 0 Å². The van der Waals surface area contributed by atoms with Crippen LogP contribution in [0, 0.1) is 5.92 Å². The molecule has 16 nitrogen and oxygen atoms in total. The fourth-order valence-corrected chi connectivity index (χ4v) is 4.05. The molecule has 16 heteroatoms. The second kappa shape index (κ2) is 18.8. The lowest BCUT2D eigenvalue weighted by Gasteiger charge is -2.25. The molecule has 15 N–H and O–H groups in total. The Morgan fingerprint density at radius 1 is 0.767 bits per heavy atom. The number of phenolic OH excluding ortho intramolecular Hbond substituents is 1. The molecule has 0 saturated heterocycles. The predicted octanol–water partition coefficient (Wildman–Crippen LogP) is -2.05. The molecule has 1 aromatic carbocycles. The Hall–Kier alpha value is -4.60. The second-order valence-electron chi connectivity index (χ2n) is 10.5. The number of nitrogens with two attached hydrogens (primary N) is 5. The van der Waals surface area contributed by atoms with Gasteiger partial charge in [-0.2, -0.15) is 0 Å². The molecule has 0 aromatic heterocycles. The Morgan fingerprint density at radius 3 is 1.72 bits per heavy atom. The van der Waals surface area contributed by atoms with Gasteiger partial charge in [0.25, 0.3) is 0 Å². The summed E-state index contributed by atoms with van der Waals surface area (Å²) in [6.45, 7) is 4.17. The molecule has 0 aliphatic rings. The average Bonchev–Trinajstić information content (AvgIpc) is 2.91. The highest BCUT2D eigenvalue weighted by atomic mass is 16.4. The maximum absolute atomic E-state index is 13.5. The lowest BCUT2D eigenvalue weighted by molar-refractivity contribution is -0.142. The van der Waals surface area contributed by atoms with E-state index in [2.05, 4.69) is 25.9 Å². The SMILES string of the molecule is CC(C)CC(N)C(=O)NC(CCCN=C(N)N)C(=O)NC(Cc1ccc(O)cc1)C(=O)NC(CCCN=C(N)N)C(=O)O. The molecule has 0 aliphatic carbocycles. The van der Waals surface area contributed by atoms with Crippen molar-refractivity contribution < 1.29 is 29.4 Å². The molecule has 0 bridgehead atoms. The summed E-state index contributed by atoms with van der Waals surface area (Å²) in [6, 6.07) is 1.47. The summed E-state index contributed by atoms with van der Waals surface area (Å²) < 4.78 is 0. The van der Waals surface area contributed by atoms with Crippen molar-refractivity contribution in [2.24, 2.45) is 44.6 Å². The Bertz CT molecular complexity index is 1120. The molecular weight excluding hydrogens is 560 g/mol. The quantitative estimate of drug-likeness (QED) is 0.0464. The minimum atomic E-state index is -1.29. The number of hydrogen-bond donors (Lipinski definition) is 10. The van der Waals surface area contributed by atoms with E-state index in [4.69, 9.17) is 28.7 Å². The third-order valence-corrected chi connectivity index (χ3v) is 6.21. The van der Waals surface area contributed by atoms with E-state index >= 15 is 0 Å². The molecule has 43 heavy (non-hydrogen) atoms. The number of carboxylic acids is 1. The number of hydrogen-bond acceptors (Lipinski definition) is 8. The Morgan fingerprint density at radius 2 is 1.23 bits per heavy atom. The first-order chi connectivity index (χ1) is 20.2. The number of rotatable bonds is 19. The fraction of sp³-hybridized carbons (Fsp3) is 0.556. The van der Waals surface area contributed by atoms with Crippen LogP contribution in [0.5, 0.6) is 5.75 Å². The molecule has 4 unspecified atom stereocenters. The molecule has 0 heterocycles. The third-order valence-electron chi connectivity index (χ3n) is 6.21. The van der Waals surface area contributed by atoms with Crippen LogP contribution in [0.4, 0.5) is 0 Å². The summed E-state index contributed by atoms with van der Waals surface area (Å²) >= 11 is 0. The number of phenols is 1. The Labute approximate surface area is 250 Å². The van der Waals surface area contributed by atoms with Crippen LogP contribution in [0.3, 0.4) is 0 Å². The number of guanidine groups is 2. The standard InChI is InChI=1S/C27H46N10O6/c1-15(2)13-18(28)22(39)35-19(5-3-11-33-26(29)30)23(40)37-21(14-16-7-9-17(38)10-8-16)24(41)36-20(25(42)43)6-4-12-34-27(31)32/h7-10,15,18-21,38H,3-6,11-14,28H2,1-2H3,(H,35,39)(H,36,41)(H,37,40)(H,42,43)(H4,29,30,33)(H4,31,32,34). The van der Waals surface area contributed by atoms with E-state index in [0.717, 1.165) is 0 Å². The monoisotopic (exact) mass is 606 g/mol. The van der Waals surface area contributed by atoms with E-state index in [0.29, 0.717) is 18.4 Å². The summed E-state index contributed by atoms with van der Waals surface area (Å²) in [6.07, 6.45) is 1.08. The topological polar surface area (TPSA) is 300 Å². The predicted molar refractivity (Wildman–Crippen MR) is 162 cm³/mol. The number of carbonyl (C=O) groups excluding carboxylic acids is 3. The van der Waals surface area contributed by atoms with Crippen molar-refractivity contribution in [3.8, 4) is 5.75 Å². The van der Waals surface area contributed by atoms with Crippen molar-refractivity contribution in [2.45, 2.75) is 76.5 Å². The molecule has 3 amide bonds. The maximum Gasteiger partial charge on any atom is 0.326 e. The van der Waals surface area contributed by atoms with Crippen LogP contribution in [-0.2, 0) is 25.6 Å². The minimum absolute atomic E-state index is 0.00166. The zero-order valence-corrected chi connectivity index (χ0v) is 24.7. The smallest absolute Gasteiger partial charge is 0.326 e. The number of amides is 3. The van der Waals surface area contributed by atoms with Crippen molar-refractivity contribution in [3.63, 3.8) is 0 Å². The summed E-state index contributed by atoms with van der Waals surface area (Å²) in [4.78, 5) is 59.2. The van der Waals surface area contributed by atoms with Crippen LogP contribution >= 0.6 is 0 Å². The lowest BCUT2D eigenvalue weighted by Crippen LogP contribution is -2.57.